The second kappa shape index (κ2) is 3.98. The lowest BCUT2D eigenvalue weighted by Gasteiger charge is -2.19. The number of likely N-dealkylation sites (N-methyl/N-ethyl adjacent to an activating group) is 1. The Labute approximate surface area is 96.0 Å². The highest BCUT2D eigenvalue weighted by molar-refractivity contribution is 5.44. The van der Waals surface area contributed by atoms with E-state index in [0.717, 1.165) is 17.9 Å². The molecular formula is C13H17NO2. The van der Waals surface area contributed by atoms with Crippen LogP contribution in [0.25, 0.3) is 0 Å². The summed E-state index contributed by atoms with van der Waals surface area (Å²) in [4.78, 5) is 2.45. The van der Waals surface area contributed by atoms with E-state index < -0.39 is 0 Å². The van der Waals surface area contributed by atoms with Crippen molar-refractivity contribution in [2.45, 2.75) is 25.3 Å². The zero-order valence-corrected chi connectivity index (χ0v) is 9.61. The van der Waals surface area contributed by atoms with Gasteiger partial charge < -0.3 is 14.4 Å². The fourth-order valence-corrected chi connectivity index (χ4v) is 2.58. The Morgan fingerprint density at radius 2 is 2.19 bits per heavy atom. The Balaban J connectivity index is 1.75. The molecule has 0 N–H and O–H groups in total. The molecule has 2 heterocycles. The number of rotatable bonds is 2. The normalized spacial score (nSPS) is 23.9. The van der Waals surface area contributed by atoms with Gasteiger partial charge >= 0.3 is 0 Å². The molecule has 86 valence electrons. The Morgan fingerprint density at radius 3 is 3.00 bits per heavy atom. The Bertz CT molecular complexity index is 392. The van der Waals surface area contributed by atoms with E-state index >= 15 is 0 Å². The predicted molar refractivity (Wildman–Crippen MR) is 61.9 cm³/mol. The summed E-state index contributed by atoms with van der Waals surface area (Å²) in [6.45, 7) is 1.59. The standard InChI is InChI=1S/C13H17NO2/c1-14-6-2-3-11(14)7-10-4-5-12-13(8-10)16-9-15-12/h4-5,8,11H,2-3,6-7,9H2,1H3. The Morgan fingerprint density at radius 1 is 1.31 bits per heavy atom. The van der Waals surface area contributed by atoms with E-state index in [1.807, 2.05) is 6.07 Å². The molecule has 0 spiro atoms. The summed E-state index contributed by atoms with van der Waals surface area (Å²) in [5.74, 6) is 1.78. The van der Waals surface area contributed by atoms with Crippen LogP contribution in [-0.2, 0) is 6.42 Å². The Hall–Kier alpha value is -1.22. The van der Waals surface area contributed by atoms with Crippen molar-refractivity contribution in [1.29, 1.82) is 0 Å². The van der Waals surface area contributed by atoms with Crippen molar-refractivity contribution in [3.8, 4) is 11.5 Å². The first-order valence-corrected chi connectivity index (χ1v) is 5.92. The SMILES string of the molecule is CN1CCCC1Cc1ccc2c(c1)OCO2. The van der Waals surface area contributed by atoms with E-state index in [1.165, 1.54) is 24.9 Å². The topological polar surface area (TPSA) is 21.7 Å². The molecule has 0 radical (unpaired) electrons. The van der Waals surface area contributed by atoms with Crippen LogP contribution in [0.2, 0.25) is 0 Å². The van der Waals surface area contributed by atoms with Crippen LogP contribution in [0.5, 0.6) is 11.5 Å². The third-order valence-corrected chi connectivity index (χ3v) is 3.58. The van der Waals surface area contributed by atoms with Crippen molar-refractivity contribution in [3.63, 3.8) is 0 Å². The maximum Gasteiger partial charge on any atom is 0.231 e. The van der Waals surface area contributed by atoms with Crippen LogP contribution < -0.4 is 9.47 Å². The van der Waals surface area contributed by atoms with Gasteiger partial charge in [-0.25, -0.2) is 0 Å². The Kier molecular flexibility index (Phi) is 2.48. The molecule has 0 aromatic heterocycles. The van der Waals surface area contributed by atoms with Gasteiger partial charge in [-0.15, -0.1) is 0 Å². The van der Waals surface area contributed by atoms with Crippen molar-refractivity contribution >= 4 is 0 Å². The minimum atomic E-state index is 0.363. The molecule has 0 amide bonds. The lowest BCUT2D eigenvalue weighted by atomic mass is 10.0. The lowest BCUT2D eigenvalue weighted by molar-refractivity contribution is 0.174. The van der Waals surface area contributed by atoms with Crippen LogP contribution in [-0.4, -0.2) is 31.3 Å². The maximum absolute atomic E-state index is 5.39. The number of ether oxygens (including phenoxy) is 2. The molecule has 1 unspecified atom stereocenters. The molecule has 3 heteroatoms. The monoisotopic (exact) mass is 219 g/mol. The molecule has 1 atom stereocenters. The van der Waals surface area contributed by atoms with Gasteiger partial charge in [0, 0.05) is 6.04 Å². The average Bonchev–Trinajstić information content (AvgIpc) is 2.88. The van der Waals surface area contributed by atoms with E-state index in [1.54, 1.807) is 0 Å². The number of hydrogen-bond acceptors (Lipinski definition) is 3. The molecule has 1 aromatic rings. The van der Waals surface area contributed by atoms with Crippen molar-refractivity contribution in [3.05, 3.63) is 23.8 Å². The first-order chi connectivity index (χ1) is 7.83. The second-order valence-corrected chi connectivity index (χ2v) is 4.67. The molecule has 0 saturated carbocycles. The van der Waals surface area contributed by atoms with Crippen molar-refractivity contribution < 1.29 is 9.47 Å². The fourth-order valence-electron chi connectivity index (χ4n) is 2.58. The van der Waals surface area contributed by atoms with Crippen LogP contribution >= 0.6 is 0 Å². The van der Waals surface area contributed by atoms with Crippen LogP contribution in [0.3, 0.4) is 0 Å². The molecule has 1 fully saturated rings. The van der Waals surface area contributed by atoms with E-state index in [-0.39, 0.29) is 0 Å². The molecule has 16 heavy (non-hydrogen) atoms. The van der Waals surface area contributed by atoms with Crippen molar-refractivity contribution in [1.82, 2.24) is 4.90 Å². The summed E-state index contributed by atoms with van der Waals surface area (Å²) in [6.07, 6.45) is 3.75. The van der Waals surface area contributed by atoms with Gasteiger partial charge in [-0.2, -0.15) is 0 Å². The van der Waals surface area contributed by atoms with Crippen molar-refractivity contribution in [2.24, 2.45) is 0 Å². The molecule has 1 aromatic carbocycles. The van der Waals surface area contributed by atoms with E-state index in [0.29, 0.717) is 12.8 Å². The molecule has 2 aliphatic rings. The molecule has 2 aliphatic heterocycles. The fraction of sp³-hybridized carbons (Fsp3) is 0.538. The van der Waals surface area contributed by atoms with Gasteiger partial charge in [0.05, 0.1) is 0 Å². The van der Waals surface area contributed by atoms with Gasteiger partial charge in [0.25, 0.3) is 0 Å². The number of fused-ring (bicyclic) bond motifs is 1. The number of benzene rings is 1. The van der Waals surface area contributed by atoms with E-state index in [4.69, 9.17) is 9.47 Å². The van der Waals surface area contributed by atoms with Crippen LogP contribution in [0.15, 0.2) is 18.2 Å². The lowest BCUT2D eigenvalue weighted by Crippen LogP contribution is -2.26. The first-order valence-electron chi connectivity index (χ1n) is 5.92. The smallest absolute Gasteiger partial charge is 0.231 e. The van der Waals surface area contributed by atoms with Gasteiger partial charge in [-0.1, -0.05) is 6.07 Å². The molecular weight excluding hydrogens is 202 g/mol. The highest BCUT2D eigenvalue weighted by Gasteiger charge is 2.22. The number of hydrogen-bond donors (Lipinski definition) is 0. The van der Waals surface area contributed by atoms with Gasteiger partial charge in [0.1, 0.15) is 0 Å². The summed E-state index contributed by atoms with van der Waals surface area (Å²) >= 11 is 0. The third-order valence-electron chi connectivity index (χ3n) is 3.58. The van der Waals surface area contributed by atoms with E-state index in [2.05, 4.69) is 24.1 Å². The summed E-state index contributed by atoms with van der Waals surface area (Å²) < 4.78 is 10.7. The summed E-state index contributed by atoms with van der Waals surface area (Å²) in [5.41, 5.74) is 1.35. The van der Waals surface area contributed by atoms with Crippen LogP contribution in [0.1, 0.15) is 18.4 Å². The minimum absolute atomic E-state index is 0.363. The van der Waals surface area contributed by atoms with E-state index in [9.17, 15) is 0 Å². The first kappa shape index (κ1) is 9.97. The molecule has 3 nitrogen and oxygen atoms in total. The third kappa shape index (κ3) is 1.76. The van der Waals surface area contributed by atoms with Crippen LogP contribution in [0, 0.1) is 0 Å². The molecule has 1 saturated heterocycles. The summed E-state index contributed by atoms with van der Waals surface area (Å²) in [6, 6.07) is 6.99. The van der Waals surface area contributed by atoms with Gasteiger partial charge in [-0.3, -0.25) is 0 Å². The van der Waals surface area contributed by atoms with Gasteiger partial charge in [0.15, 0.2) is 11.5 Å². The van der Waals surface area contributed by atoms with Crippen molar-refractivity contribution in [2.75, 3.05) is 20.4 Å². The van der Waals surface area contributed by atoms with Gasteiger partial charge in [-0.05, 0) is 50.6 Å². The summed E-state index contributed by atoms with van der Waals surface area (Å²) in [7, 11) is 2.21. The number of nitrogens with zero attached hydrogens (tertiary/aromatic N) is 1. The number of likely N-dealkylation sites (tertiary alicyclic amines) is 1. The summed E-state index contributed by atoms with van der Waals surface area (Å²) in [5, 5.41) is 0. The predicted octanol–water partition coefficient (Wildman–Crippen LogP) is 2.05. The quantitative estimate of drug-likeness (QED) is 0.760. The molecule has 3 rings (SSSR count). The highest BCUT2D eigenvalue weighted by atomic mass is 16.7. The molecule has 0 bridgehead atoms. The second-order valence-electron chi connectivity index (χ2n) is 4.67. The zero-order chi connectivity index (χ0) is 11.0. The zero-order valence-electron chi connectivity index (χ0n) is 9.61. The maximum atomic E-state index is 5.39. The van der Waals surface area contributed by atoms with Gasteiger partial charge in [0.2, 0.25) is 6.79 Å². The van der Waals surface area contributed by atoms with Crippen LogP contribution in [0.4, 0.5) is 0 Å². The molecule has 0 aliphatic carbocycles. The minimum Gasteiger partial charge on any atom is -0.454 e. The highest BCUT2D eigenvalue weighted by Crippen LogP contribution is 2.33. The average molecular weight is 219 g/mol. The largest absolute Gasteiger partial charge is 0.454 e.